The van der Waals surface area contributed by atoms with E-state index in [9.17, 15) is 4.79 Å². The number of rotatable bonds is 4. The second-order valence-corrected chi connectivity index (χ2v) is 2.69. The molecule has 0 amide bonds. The summed E-state index contributed by atoms with van der Waals surface area (Å²) in [6.45, 7) is 3.76. The van der Waals surface area contributed by atoms with E-state index in [1.54, 1.807) is 6.08 Å². The van der Waals surface area contributed by atoms with Crippen LogP contribution in [0.3, 0.4) is 0 Å². The van der Waals surface area contributed by atoms with Gasteiger partial charge in [0.05, 0.1) is 0 Å². The zero-order valence-corrected chi connectivity index (χ0v) is 7.85. The molecule has 2 nitrogen and oxygen atoms in total. The average Bonchev–Trinajstić information content (AvgIpc) is 2.25. The molecular weight excluding hydrogens is 176 g/mol. The van der Waals surface area contributed by atoms with E-state index in [0.29, 0.717) is 6.61 Å². The Balaban J connectivity index is 2.38. The van der Waals surface area contributed by atoms with Gasteiger partial charge in [-0.05, 0) is 5.56 Å². The number of carbonyl (C=O) groups is 1. The van der Waals surface area contributed by atoms with Gasteiger partial charge in [0.1, 0.15) is 6.61 Å². The van der Waals surface area contributed by atoms with Crippen molar-refractivity contribution < 1.29 is 9.53 Å². The Morgan fingerprint density at radius 1 is 1.36 bits per heavy atom. The molecule has 1 rings (SSSR count). The molecule has 0 atom stereocenters. The second kappa shape index (κ2) is 5.75. The summed E-state index contributed by atoms with van der Waals surface area (Å²) in [5, 5.41) is 0. The highest BCUT2D eigenvalue weighted by molar-refractivity contribution is 5.82. The average molecular weight is 188 g/mol. The minimum Gasteiger partial charge on any atom is -0.458 e. The minimum absolute atomic E-state index is 0.307. The molecular formula is C12H12O2. The van der Waals surface area contributed by atoms with Crippen LogP contribution in [-0.4, -0.2) is 5.97 Å². The van der Waals surface area contributed by atoms with E-state index in [2.05, 4.69) is 6.58 Å². The van der Waals surface area contributed by atoms with Crippen molar-refractivity contribution in [1.29, 1.82) is 0 Å². The standard InChI is InChI=1S/C12H12O2/c1-2-3-9-12(13)14-10-11-7-5-4-6-8-11/h2-9H,1,10H2/b9-3+. The lowest BCUT2D eigenvalue weighted by molar-refractivity contribution is -0.139. The molecule has 0 aliphatic rings. The van der Waals surface area contributed by atoms with Crippen molar-refractivity contribution in [3.8, 4) is 0 Å². The largest absolute Gasteiger partial charge is 0.458 e. The topological polar surface area (TPSA) is 26.3 Å². The Morgan fingerprint density at radius 2 is 2.07 bits per heavy atom. The second-order valence-electron chi connectivity index (χ2n) is 2.69. The molecule has 0 aliphatic heterocycles. The monoisotopic (exact) mass is 188 g/mol. The number of allylic oxidation sites excluding steroid dienone is 2. The maximum atomic E-state index is 11.0. The van der Waals surface area contributed by atoms with Crippen LogP contribution in [0.2, 0.25) is 0 Å². The Morgan fingerprint density at radius 3 is 2.71 bits per heavy atom. The highest BCUT2D eigenvalue weighted by Crippen LogP contribution is 2.00. The molecule has 72 valence electrons. The lowest BCUT2D eigenvalue weighted by atomic mass is 10.2. The lowest BCUT2D eigenvalue weighted by Crippen LogP contribution is -2.00. The van der Waals surface area contributed by atoms with Crippen molar-refractivity contribution in [2.75, 3.05) is 0 Å². The first-order valence-corrected chi connectivity index (χ1v) is 4.32. The molecule has 0 saturated heterocycles. The summed E-state index contributed by atoms with van der Waals surface area (Å²) in [5.41, 5.74) is 0.979. The predicted octanol–water partition coefficient (Wildman–Crippen LogP) is 2.47. The fourth-order valence-corrected chi connectivity index (χ4v) is 0.923. The molecule has 0 aromatic heterocycles. The Kier molecular flexibility index (Phi) is 4.21. The summed E-state index contributed by atoms with van der Waals surface area (Å²) in [4.78, 5) is 11.0. The Hall–Kier alpha value is -1.83. The smallest absolute Gasteiger partial charge is 0.331 e. The normalized spacial score (nSPS) is 10.0. The van der Waals surface area contributed by atoms with E-state index in [1.807, 2.05) is 30.3 Å². The van der Waals surface area contributed by atoms with Crippen molar-refractivity contribution in [2.45, 2.75) is 6.61 Å². The fraction of sp³-hybridized carbons (Fsp3) is 0.0833. The van der Waals surface area contributed by atoms with Gasteiger partial charge in [-0.3, -0.25) is 0 Å². The summed E-state index contributed by atoms with van der Waals surface area (Å²) >= 11 is 0. The summed E-state index contributed by atoms with van der Waals surface area (Å²) < 4.78 is 4.96. The first-order valence-electron chi connectivity index (χ1n) is 4.32. The molecule has 0 radical (unpaired) electrons. The maximum Gasteiger partial charge on any atom is 0.331 e. The van der Waals surface area contributed by atoms with Gasteiger partial charge in [0.15, 0.2) is 0 Å². The molecule has 1 aromatic carbocycles. The van der Waals surface area contributed by atoms with E-state index in [1.165, 1.54) is 12.2 Å². The van der Waals surface area contributed by atoms with Crippen molar-refractivity contribution in [1.82, 2.24) is 0 Å². The van der Waals surface area contributed by atoms with Crippen LogP contribution in [0.5, 0.6) is 0 Å². The summed E-state index contributed by atoms with van der Waals surface area (Å²) in [5.74, 6) is -0.353. The van der Waals surface area contributed by atoms with Crippen LogP contribution in [-0.2, 0) is 16.1 Å². The van der Waals surface area contributed by atoms with E-state index in [-0.39, 0.29) is 5.97 Å². The molecule has 0 spiro atoms. The molecule has 0 bridgehead atoms. The van der Waals surface area contributed by atoms with Crippen LogP contribution >= 0.6 is 0 Å². The molecule has 0 heterocycles. The third-order valence-electron chi connectivity index (χ3n) is 1.59. The van der Waals surface area contributed by atoms with E-state index < -0.39 is 0 Å². The number of hydrogen-bond acceptors (Lipinski definition) is 2. The van der Waals surface area contributed by atoms with Crippen molar-refractivity contribution >= 4 is 5.97 Å². The molecule has 0 aliphatic carbocycles. The minimum atomic E-state index is -0.353. The van der Waals surface area contributed by atoms with E-state index in [0.717, 1.165) is 5.56 Å². The molecule has 0 unspecified atom stereocenters. The number of esters is 1. The highest BCUT2D eigenvalue weighted by Gasteiger charge is 1.96. The number of carbonyl (C=O) groups excluding carboxylic acids is 1. The van der Waals surface area contributed by atoms with E-state index in [4.69, 9.17) is 4.74 Å². The molecule has 1 aromatic rings. The van der Waals surface area contributed by atoms with Gasteiger partial charge in [-0.15, -0.1) is 0 Å². The van der Waals surface area contributed by atoms with Gasteiger partial charge in [0, 0.05) is 6.08 Å². The first kappa shape index (κ1) is 10.3. The van der Waals surface area contributed by atoms with Gasteiger partial charge in [-0.2, -0.15) is 0 Å². The Labute approximate surface area is 83.5 Å². The zero-order chi connectivity index (χ0) is 10.2. The van der Waals surface area contributed by atoms with Crippen molar-refractivity contribution in [3.63, 3.8) is 0 Å². The van der Waals surface area contributed by atoms with Crippen LogP contribution in [0.25, 0.3) is 0 Å². The third kappa shape index (κ3) is 3.72. The van der Waals surface area contributed by atoms with Gasteiger partial charge in [-0.1, -0.05) is 49.1 Å². The van der Waals surface area contributed by atoms with Crippen LogP contribution in [0.15, 0.2) is 55.1 Å². The molecule has 0 saturated carbocycles. The van der Waals surface area contributed by atoms with Gasteiger partial charge in [0.2, 0.25) is 0 Å². The van der Waals surface area contributed by atoms with Gasteiger partial charge < -0.3 is 4.74 Å². The van der Waals surface area contributed by atoms with Crippen LogP contribution in [0, 0.1) is 0 Å². The summed E-state index contributed by atoms with van der Waals surface area (Å²) in [6, 6.07) is 9.55. The van der Waals surface area contributed by atoms with Crippen LogP contribution < -0.4 is 0 Å². The quantitative estimate of drug-likeness (QED) is 0.412. The number of ether oxygens (including phenoxy) is 1. The van der Waals surface area contributed by atoms with Crippen molar-refractivity contribution in [3.05, 3.63) is 60.7 Å². The molecule has 2 heteroatoms. The number of benzene rings is 1. The van der Waals surface area contributed by atoms with Crippen LogP contribution in [0.4, 0.5) is 0 Å². The summed E-state index contributed by atoms with van der Waals surface area (Å²) in [7, 11) is 0. The number of hydrogen-bond donors (Lipinski definition) is 0. The van der Waals surface area contributed by atoms with Crippen LogP contribution in [0.1, 0.15) is 5.56 Å². The van der Waals surface area contributed by atoms with Crippen molar-refractivity contribution in [2.24, 2.45) is 0 Å². The Bertz CT molecular complexity index is 325. The predicted molar refractivity (Wildman–Crippen MR) is 55.6 cm³/mol. The lowest BCUT2D eigenvalue weighted by Gasteiger charge is -2.00. The maximum absolute atomic E-state index is 11.0. The van der Waals surface area contributed by atoms with E-state index >= 15 is 0 Å². The summed E-state index contributed by atoms with van der Waals surface area (Å²) in [6.07, 6.45) is 4.42. The highest BCUT2D eigenvalue weighted by atomic mass is 16.5. The van der Waals surface area contributed by atoms with Gasteiger partial charge in [0.25, 0.3) is 0 Å². The third-order valence-corrected chi connectivity index (χ3v) is 1.59. The molecule has 14 heavy (non-hydrogen) atoms. The molecule has 0 fully saturated rings. The zero-order valence-electron chi connectivity index (χ0n) is 7.85. The van der Waals surface area contributed by atoms with Gasteiger partial charge in [-0.25, -0.2) is 4.79 Å². The SMILES string of the molecule is C=C/C=C/C(=O)OCc1ccccc1. The molecule has 0 N–H and O–H groups in total. The van der Waals surface area contributed by atoms with Gasteiger partial charge >= 0.3 is 5.97 Å². The fourth-order valence-electron chi connectivity index (χ4n) is 0.923. The first-order chi connectivity index (χ1) is 6.83.